The van der Waals surface area contributed by atoms with Gasteiger partial charge in [0.15, 0.2) is 0 Å². The highest BCUT2D eigenvalue weighted by atomic mass is 14.1. The third-order valence-corrected chi connectivity index (χ3v) is 3.12. The van der Waals surface area contributed by atoms with E-state index in [0.29, 0.717) is 5.92 Å². The highest BCUT2D eigenvalue weighted by Crippen LogP contribution is 2.25. The van der Waals surface area contributed by atoms with Gasteiger partial charge in [0.25, 0.3) is 0 Å². The quantitative estimate of drug-likeness (QED) is 0.554. The largest absolute Gasteiger partial charge is 0.0843 e. The Morgan fingerprint density at radius 1 is 1.31 bits per heavy atom. The summed E-state index contributed by atoms with van der Waals surface area (Å²) < 4.78 is 0. The maximum absolute atomic E-state index is 2.31. The molecule has 0 heteroatoms. The van der Waals surface area contributed by atoms with E-state index >= 15 is 0 Å². The van der Waals surface area contributed by atoms with E-state index in [1.54, 1.807) is 0 Å². The van der Waals surface area contributed by atoms with Gasteiger partial charge in [-0.25, -0.2) is 0 Å². The van der Waals surface area contributed by atoms with Crippen molar-refractivity contribution in [1.29, 1.82) is 0 Å². The van der Waals surface area contributed by atoms with Crippen LogP contribution in [0.5, 0.6) is 0 Å². The van der Waals surface area contributed by atoms with Crippen molar-refractivity contribution in [2.24, 2.45) is 5.92 Å². The molecule has 1 aliphatic carbocycles. The van der Waals surface area contributed by atoms with Gasteiger partial charge in [-0.3, -0.25) is 0 Å². The van der Waals surface area contributed by atoms with Crippen LogP contribution in [0, 0.1) is 5.92 Å². The number of hydrogen-bond donors (Lipinski definition) is 0. The van der Waals surface area contributed by atoms with E-state index in [4.69, 9.17) is 0 Å². The van der Waals surface area contributed by atoms with E-state index < -0.39 is 0 Å². The second kappa shape index (κ2) is 7.27. The summed E-state index contributed by atoms with van der Waals surface area (Å²) in [7, 11) is 0. The SMILES string of the molecule is CCCC/C=C/C(C)=C1/C=CC=CC1CC. The summed E-state index contributed by atoms with van der Waals surface area (Å²) in [4.78, 5) is 0. The Bertz CT molecular complexity index is 313. The van der Waals surface area contributed by atoms with Crippen LogP contribution in [-0.4, -0.2) is 0 Å². The molecule has 1 unspecified atom stereocenters. The van der Waals surface area contributed by atoms with E-state index in [1.807, 2.05) is 0 Å². The number of rotatable bonds is 5. The Balaban J connectivity index is 2.67. The lowest BCUT2D eigenvalue weighted by Crippen LogP contribution is -2.02. The molecule has 1 rings (SSSR count). The van der Waals surface area contributed by atoms with Crippen LogP contribution in [-0.2, 0) is 0 Å². The Kier molecular flexibility index (Phi) is 5.92. The minimum Gasteiger partial charge on any atom is -0.0843 e. The zero-order chi connectivity index (χ0) is 11.8. The van der Waals surface area contributed by atoms with Gasteiger partial charge in [0, 0.05) is 5.92 Å². The number of unbranched alkanes of at least 4 members (excludes halogenated alkanes) is 2. The highest BCUT2D eigenvalue weighted by molar-refractivity contribution is 5.40. The van der Waals surface area contributed by atoms with E-state index in [9.17, 15) is 0 Å². The number of hydrogen-bond acceptors (Lipinski definition) is 0. The summed E-state index contributed by atoms with van der Waals surface area (Å²) in [5.41, 5.74) is 2.90. The zero-order valence-corrected chi connectivity index (χ0v) is 10.9. The molecule has 0 amide bonds. The summed E-state index contributed by atoms with van der Waals surface area (Å²) in [6.07, 6.45) is 18.4. The molecule has 16 heavy (non-hydrogen) atoms. The van der Waals surface area contributed by atoms with Crippen molar-refractivity contribution < 1.29 is 0 Å². The average Bonchev–Trinajstić information content (AvgIpc) is 2.34. The summed E-state index contributed by atoms with van der Waals surface area (Å²) in [5, 5.41) is 0. The molecule has 0 radical (unpaired) electrons. The van der Waals surface area contributed by atoms with Crippen LogP contribution in [0.3, 0.4) is 0 Å². The maximum atomic E-state index is 2.31. The predicted octanol–water partition coefficient (Wildman–Crippen LogP) is 5.20. The third-order valence-electron chi connectivity index (χ3n) is 3.12. The van der Waals surface area contributed by atoms with Crippen LogP contribution >= 0.6 is 0 Å². The fraction of sp³-hybridized carbons (Fsp3) is 0.500. The standard InChI is InChI=1S/C16H24/c1-4-6-7-8-11-14(3)16-13-10-9-12-15(16)5-2/h8-13,15H,4-7H2,1-3H3/b11-8+,16-14-. The van der Waals surface area contributed by atoms with Gasteiger partial charge in [0.05, 0.1) is 0 Å². The molecular formula is C16H24. The first-order valence-electron chi connectivity index (χ1n) is 6.51. The second-order valence-electron chi connectivity index (χ2n) is 4.44. The molecule has 0 saturated heterocycles. The van der Waals surface area contributed by atoms with Crippen LogP contribution in [0.4, 0.5) is 0 Å². The molecule has 0 fully saturated rings. The molecular weight excluding hydrogens is 192 g/mol. The minimum atomic E-state index is 0.612. The first-order valence-corrected chi connectivity index (χ1v) is 6.51. The topological polar surface area (TPSA) is 0 Å². The predicted molar refractivity (Wildman–Crippen MR) is 73.4 cm³/mol. The van der Waals surface area contributed by atoms with Crippen molar-refractivity contribution in [3.63, 3.8) is 0 Å². The molecule has 0 spiro atoms. The molecule has 0 bridgehead atoms. The maximum Gasteiger partial charge on any atom is 0.00210 e. The van der Waals surface area contributed by atoms with E-state index in [2.05, 4.69) is 57.2 Å². The molecule has 0 N–H and O–H groups in total. The van der Waals surface area contributed by atoms with E-state index in [1.165, 1.54) is 36.8 Å². The van der Waals surface area contributed by atoms with Gasteiger partial charge in [0.1, 0.15) is 0 Å². The fourth-order valence-corrected chi connectivity index (χ4v) is 2.04. The van der Waals surface area contributed by atoms with Crippen LogP contribution < -0.4 is 0 Å². The van der Waals surface area contributed by atoms with Crippen molar-refractivity contribution in [3.05, 3.63) is 47.6 Å². The lowest BCUT2D eigenvalue weighted by atomic mass is 9.89. The number of allylic oxidation sites excluding steroid dienone is 8. The summed E-state index contributed by atoms with van der Waals surface area (Å²) in [5.74, 6) is 0.612. The molecule has 0 heterocycles. The van der Waals surface area contributed by atoms with Gasteiger partial charge in [-0.05, 0) is 30.9 Å². The molecule has 0 aliphatic heterocycles. The minimum absolute atomic E-state index is 0.612. The summed E-state index contributed by atoms with van der Waals surface area (Å²) >= 11 is 0. The molecule has 1 aliphatic rings. The molecule has 0 aromatic heterocycles. The van der Waals surface area contributed by atoms with Crippen molar-refractivity contribution in [1.82, 2.24) is 0 Å². The molecule has 0 saturated carbocycles. The van der Waals surface area contributed by atoms with Gasteiger partial charge in [-0.2, -0.15) is 0 Å². The zero-order valence-electron chi connectivity index (χ0n) is 10.9. The van der Waals surface area contributed by atoms with Crippen molar-refractivity contribution in [2.45, 2.75) is 46.5 Å². The third kappa shape index (κ3) is 3.84. The summed E-state index contributed by atoms with van der Waals surface area (Å²) in [6, 6.07) is 0. The van der Waals surface area contributed by atoms with E-state index in [-0.39, 0.29) is 0 Å². The first kappa shape index (κ1) is 13.0. The first-order chi connectivity index (χ1) is 7.79. The molecule has 1 atom stereocenters. The Hall–Kier alpha value is -1.04. The Morgan fingerprint density at radius 2 is 2.12 bits per heavy atom. The normalized spacial score (nSPS) is 23.1. The van der Waals surface area contributed by atoms with Crippen molar-refractivity contribution >= 4 is 0 Å². The molecule has 88 valence electrons. The van der Waals surface area contributed by atoms with Gasteiger partial charge >= 0.3 is 0 Å². The molecule has 0 nitrogen and oxygen atoms in total. The Labute approximate surface area is 100 Å². The average molecular weight is 216 g/mol. The van der Waals surface area contributed by atoms with Crippen LogP contribution in [0.2, 0.25) is 0 Å². The van der Waals surface area contributed by atoms with Crippen LogP contribution in [0.15, 0.2) is 47.6 Å². The highest BCUT2D eigenvalue weighted by Gasteiger charge is 2.10. The van der Waals surface area contributed by atoms with Crippen LogP contribution in [0.25, 0.3) is 0 Å². The second-order valence-corrected chi connectivity index (χ2v) is 4.44. The lowest BCUT2D eigenvalue weighted by Gasteiger charge is -2.16. The summed E-state index contributed by atoms with van der Waals surface area (Å²) in [6.45, 7) is 6.72. The van der Waals surface area contributed by atoms with Crippen LogP contribution in [0.1, 0.15) is 46.5 Å². The van der Waals surface area contributed by atoms with Gasteiger partial charge < -0.3 is 0 Å². The lowest BCUT2D eigenvalue weighted by molar-refractivity contribution is 0.733. The molecule has 0 aromatic carbocycles. The van der Waals surface area contributed by atoms with Crippen molar-refractivity contribution in [2.75, 3.05) is 0 Å². The molecule has 0 aromatic rings. The van der Waals surface area contributed by atoms with Gasteiger partial charge in [-0.15, -0.1) is 0 Å². The monoisotopic (exact) mass is 216 g/mol. The fourth-order valence-electron chi connectivity index (χ4n) is 2.04. The van der Waals surface area contributed by atoms with Gasteiger partial charge in [-0.1, -0.05) is 63.1 Å². The van der Waals surface area contributed by atoms with Crippen molar-refractivity contribution in [3.8, 4) is 0 Å². The van der Waals surface area contributed by atoms with E-state index in [0.717, 1.165) is 0 Å². The Morgan fingerprint density at radius 3 is 2.81 bits per heavy atom. The smallest absolute Gasteiger partial charge is 0.00210 e. The van der Waals surface area contributed by atoms with Gasteiger partial charge in [0.2, 0.25) is 0 Å².